The third-order valence-corrected chi connectivity index (χ3v) is 4.17. The number of hydrogen-bond acceptors (Lipinski definition) is 9. The highest BCUT2D eigenvalue weighted by Crippen LogP contribution is 2.24. The topological polar surface area (TPSA) is 90.5 Å². The van der Waals surface area contributed by atoms with E-state index < -0.39 is 0 Å². The Balaban J connectivity index is 2.21. The molecule has 2 aromatic rings. The van der Waals surface area contributed by atoms with Crippen LogP contribution in [0.3, 0.4) is 0 Å². The minimum absolute atomic E-state index is 0.130. The van der Waals surface area contributed by atoms with Crippen LogP contribution < -0.4 is 5.73 Å². The lowest BCUT2D eigenvalue weighted by atomic mass is 10.3. The molecule has 9 heteroatoms. The Hall–Kier alpha value is -1.45. The first-order chi connectivity index (χ1) is 8.70. The van der Waals surface area contributed by atoms with Crippen molar-refractivity contribution in [1.82, 2.24) is 9.97 Å². The van der Waals surface area contributed by atoms with E-state index in [0.29, 0.717) is 15.2 Å². The molecule has 0 aromatic carbocycles. The average Bonchev–Trinajstić information content (AvgIpc) is 2.97. The molecule has 0 amide bonds. The van der Waals surface area contributed by atoms with Crippen LogP contribution in [0.1, 0.15) is 5.69 Å². The Kier molecular flexibility index (Phi) is 4.28. The van der Waals surface area contributed by atoms with Crippen LogP contribution in [0.2, 0.25) is 0 Å². The molecule has 2 heterocycles. The molecular formula is C9H8N4O2S3. The van der Waals surface area contributed by atoms with Gasteiger partial charge in [0.25, 0.3) is 0 Å². The number of carbonyl (C=O) groups excluding carboxylic acids is 1. The van der Waals surface area contributed by atoms with Gasteiger partial charge in [0.15, 0.2) is 15.2 Å². The van der Waals surface area contributed by atoms with Gasteiger partial charge in [-0.1, -0.05) is 5.16 Å². The van der Waals surface area contributed by atoms with Crippen LogP contribution in [-0.2, 0) is 9.63 Å². The van der Waals surface area contributed by atoms with Gasteiger partial charge in [-0.3, -0.25) is 4.79 Å². The second-order valence-electron chi connectivity index (χ2n) is 2.88. The minimum atomic E-state index is -0.280. The summed E-state index contributed by atoms with van der Waals surface area (Å²) in [4.78, 5) is 24.8. The van der Waals surface area contributed by atoms with Gasteiger partial charge < -0.3 is 10.6 Å². The quantitative estimate of drug-likeness (QED) is 0.526. The van der Waals surface area contributed by atoms with E-state index in [0.717, 1.165) is 11.8 Å². The first-order valence-electron chi connectivity index (χ1n) is 4.65. The predicted molar refractivity (Wildman–Crippen MR) is 73.1 cm³/mol. The van der Waals surface area contributed by atoms with Crippen LogP contribution in [0.4, 0.5) is 5.13 Å². The van der Waals surface area contributed by atoms with E-state index >= 15 is 0 Å². The molecule has 2 aromatic heterocycles. The summed E-state index contributed by atoms with van der Waals surface area (Å²) < 4.78 is 0.645. The van der Waals surface area contributed by atoms with E-state index in [1.165, 1.54) is 29.8 Å². The standard InChI is InChI=1S/C9H8N4O2S3/c1-15-13-6(5-4-17-8(10)12-5)7(14)18-9-11-2-3-16-9/h2-4H,1H3,(H2,10,12)/b13-6-. The van der Waals surface area contributed by atoms with E-state index in [1.807, 2.05) is 0 Å². The van der Waals surface area contributed by atoms with Crippen molar-refractivity contribution in [2.45, 2.75) is 4.34 Å². The maximum Gasteiger partial charge on any atom is 0.250 e. The normalized spacial score (nSPS) is 11.5. The van der Waals surface area contributed by atoms with E-state index in [-0.39, 0.29) is 10.8 Å². The molecule has 0 aliphatic carbocycles. The second kappa shape index (κ2) is 5.94. The third-order valence-electron chi connectivity index (χ3n) is 1.73. The summed E-state index contributed by atoms with van der Waals surface area (Å²) in [5.41, 5.74) is 6.07. The zero-order valence-electron chi connectivity index (χ0n) is 9.19. The molecule has 0 saturated heterocycles. The first-order valence-corrected chi connectivity index (χ1v) is 7.22. The molecule has 0 spiro atoms. The van der Waals surface area contributed by atoms with Gasteiger partial charge in [-0.05, 0) is 11.8 Å². The molecule has 2 rings (SSSR count). The van der Waals surface area contributed by atoms with Gasteiger partial charge in [0.1, 0.15) is 12.8 Å². The molecule has 0 unspecified atom stereocenters. The van der Waals surface area contributed by atoms with Crippen molar-refractivity contribution < 1.29 is 9.63 Å². The Morgan fingerprint density at radius 2 is 2.39 bits per heavy atom. The number of carbonyl (C=O) groups is 1. The zero-order valence-corrected chi connectivity index (χ0v) is 11.6. The second-order valence-corrected chi connectivity index (χ2v) is 5.89. The number of thiazole rings is 2. The summed E-state index contributed by atoms with van der Waals surface area (Å²) in [7, 11) is 1.37. The fourth-order valence-electron chi connectivity index (χ4n) is 1.06. The van der Waals surface area contributed by atoms with Gasteiger partial charge in [0.2, 0.25) is 5.12 Å². The van der Waals surface area contributed by atoms with Crippen molar-refractivity contribution in [3.8, 4) is 0 Å². The number of oxime groups is 1. The summed E-state index contributed by atoms with van der Waals surface area (Å²) in [6.45, 7) is 0. The zero-order chi connectivity index (χ0) is 13.0. The van der Waals surface area contributed by atoms with Gasteiger partial charge in [-0.15, -0.1) is 22.7 Å². The lowest BCUT2D eigenvalue weighted by Crippen LogP contribution is -2.13. The number of aromatic nitrogens is 2. The fourth-order valence-corrected chi connectivity index (χ4v) is 3.07. The molecule has 94 valence electrons. The lowest BCUT2D eigenvalue weighted by molar-refractivity contribution is -0.105. The molecule has 0 fully saturated rings. The number of nitrogens with two attached hydrogens (primary N) is 1. The lowest BCUT2D eigenvalue weighted by Gasteiger charge is -1.99. The summed E-state index contributed by atoms with van der Waals surface area (Å²) in [5, 5.41) is 7.25. The highest BCUT2D eigenvalue weighted by atomic mass is 32.2. The summed E-state index contributed by atoms with van der Waals surface area (Å²) in [6, 6.07) is 0. The van der Waals surface area contributed by atoms with E-state index in [4.69, 9.17) is 5.73 Å². The van der Waals surface area contributed by atoms with Crippen molar-refractivity contribution in [1.29, 1.82) is 0 Å². The Labute approximate surface area is 115 Å². The Morgan fingerprint density at radius 1 is 1.56 bits per heavy atom. The van der Waals surface area contributed by atoms with Crippen LogP contribution in [-0.4, -0.2) is 27.9 Å². The molecule has 2 N–H and O–H groups in total. The molecular weight excluding hydrogens is 292 g/mol. The summed E-state index contributed by atoms with van der Waals surface area (Å²) >= 11 is 3.60. The van der Waals surface area contributed by atoms with Gasteiger partial charge in [0, 0.05) is 17.0 Å². The molecule has 0 aliphatic rings. The van der Waals surface area contributed by atoms with Crippen molar-refractivity contribution in [2.75, 3.05) is 12.8 Å². The number of hydrogen-bond donors (Lipinski definition) is 1. The van der Waals surface area contributed by atoms with Crippen LogP contribution in [0, 0.1) is 0 Å². The van der Waals surface area contributed by atoms with Crippen molar-refractivity contribution in [3.05, 3.63) is 22.7 Å². The third kappa shape index (κ3) is 3.06. The predicted octanol–water partition coefficient (Wildman–Crippen LogP) is 1.85. The fraction of sp³-hybridized carbons (Fsp3) is 0.111. The molecule has 0 bridgehead atoms. The maximum atomic E-state index is 12.1. The smallest absolute Gasteiger partial charge is 0.250 e. The molecule has 0 saturated carbocycles. The number of rotatable bonds is 4. The average molecular weight is 300 g/mol. The number of thioether (sulfide) groups is 1. The van der Waals surface area contributed by atoms with Crippen LogP contribution in [0.5, 0.6) is 0 Å². The molecule has 0 atom stereocenters. The van der Waals surface area contributed by atoms with E-state index in [1.54, 1.807) is 17.0 Å². The Bertz CT molecular complexity index is 564. The summed E-state index contributed by atoms with van der Waals surface area (Å²) in [6.07, 6.45) is 1.63. The monoisotopic (exact) mass is 300 g/mol. The van der Waals surface area contributed by atoms with Crippen LogP contribution in [0.15, 0.2) is 26.5 Å². The SMILES string of the molecule is CO/N=C(\C(=O)Sc1nccs1)c1csc(N)n1. The highest BCUT2D eigenvalue weighted by Gasteiger charge is 2.20. The van der Waals surface area contributed by atoms with Crippen molar-refractivity contribution >= 4 is 50.4 Å². The van der Waals surface area contributed by atoms with E-state index in [9.17, 15) is 4.79 Å². The first kappa shape index (κ1) is 13.0. The van der Waals surface area contributed by atoms with Crippen molar-refractivity contribution in [2.24, 2.45) is 5.16 Å². The van der Waals surface area contributed by atoms with Gasteiger partial charge >= 0.3 is 0 Å². The number of nitrogen functional groups attached to an aromatic ring is 1. The highest BCUT2D eigenvalue weighted by molar-refractivity contribution is 8.16. The molecule has 0 aliphatic heterocycles. The number of anilines is 1. The largest absolute Gasteiger partial charge is 0.398 e. The van der Waals surface area contributed by atoms with Gasteiger partial charge in [-0.25, -0.2) is 9.97 Å². The Morgan fingerprint density at radius 3 is 2.94 bits per heavy atom. The minimum Gasteiger partial charge on any atom is -0.398 e. The van der Waals surface area contributed by atoms with E-state index in [2.05, 4.69) is 20.0 Å². The maximum absolute atomic E-state index is 12.1. The summed E-state index contributed by atoms with van der Waals surface area (Å²) in [5.74, 6) is 0. The van der Waals surface area contributed by atoms with Crippen LogP contribution in [0.25, 0.3) is 0 Å². The molecule has 6 nitrogen and oxygen atoms in total. The van der Waals surface area contributed by atoms with Crippen LogP contribution >= 0.6 is 34.4 Å². The van der Waals surface area contributed by atoms with Crippen molar-refractivity contribution in [3.63, 3.8) is 0 Å². The number of nitrogens with zero attached hydrogens (tertiary/aromatic N) is 3. The van der Waals surface area contributed by atoms with Gasteiger partial charge in [0.05, 0.1) is 0 Å². The molecule has 0 radical (unpaired) electrons. The van der Waals surface area contributed by atoms with Gasteiger partial charge in [-0.2, -0.15) is 0 Å². The molecule has 18 heavy (non-hydrogen) atoms.